The highest BCUT2D eigenvalue weighted by Gasteiger charge is 2.47. The SMILES string of the molecule is COc1ncc(-c2cc(F)cc(-c3ccc(-n4ccn(C)c4=O)c(Cl)c3)c2O)cc1N1CC[C@]2(CCCN2C(C)C)C1. The molecule has 0 bridgehead atoms. The summed E-state index contributed by atoms with van der Waals surface area (Å²) in [6.45, 7) is 7.34. The van der Waals surface area contributed by atoms with Gasteiger partial charge >= 0.3 is 5.69 Å². The number of halogens is 2. The van der Waals surface area contributed by atoms with Crippen molar-refractivity contribution in [2.75, 3.05) is 31.6 Å². The Labute approximate surface area is 249 Å². The van der Waals surface area contributed by atoms with Crippen LogP contribution in [0.4, 0.5) is 10.1 Å². The fraction of sp³-hybridized carbons (Fsp3) is 0.375. The lowest BCUT2D eigenvalue weighted by Crippen LogP contribution is -2.49. The summed E-state index contributed by atoms with van der Waals surface area (Å²) in [5, 5.41) is 11.7. The highest BCUT2D eigenvalue weighted by atomic mass is 35.5. The Morgan fingerprint density at radius 3 is 2.48 bits per heavy atom. The number of anilines is 1. The third-order valence-electron chi connectivity index (χ3n) is 8.82. The summed E-state index contributed by atoms with van der Waals surface area (Å²) in [6, 6.07) is 10.0. The normalized spacial score (nSPS) is 19.0. The van der Waals surface area contributed by atoms with Crippen LogP contribution in [-0.4, -0.2) is 62.4 Å². The molecule has 0 amide bonds. The van der Waals surface area contributed by atoms with E-state index in [1.54, 1.807) is 50.9 Å². The number of imidazole rings is 1. The maximum absolute atomic E-state index is 15.1. The number of pyridine rings is 1. The Kier molecular flexibility index (Phi) is 7.27. The van der Waals surface area contributed by atoms with Crippen molar-refractivity contribution in [3.05, 3.63) is 76.3 Å². The van der Waals surface area contributed by atoms with Gasteiger partial charge in [0, 0.05) is 67.0 Å². The fourth-order valence-corrected chi connectivity index (χ4v) is 7.07. The minimum Gasteiger partial charge on any atom is -0.507 e. The number of nitrogens with zero attached hydrogens (tertiary/aromatic N) is 5. The van der Waals surface area contributed by atoms with Crippen LogP contribution in [0.1, 0.15) is 33.1 Å². The van der Waals surface area contributed by atoms with Gasteiger partial charge in [0.2, 0.25) is 5.88 Å². The zero-order valence-corrected chi connectivity index (χ0v) is 25.0. The first-order valence-electron chi connectivity index (χ1n) is 14.2. The summed E-state index contributed by atoms with van der Waals surface area (Å²) >= 11 is 6.57. The van der Waals surface area contributed by atoms with Gasteiger partial charge in [-0.25, -0.2) is 14.2 Å². The van der Waals surface area contributed by atoms with E-state index >= 15 is 4.39 Å². The van der Waals surface area contributed by atoms with Gasteiger partial charge in [-0.2, -0.15) is 0 Å². The van der Waals surface area contributed by atoms with E-state index in [9.17, 15) is 9.90 Å². The molecule has 220 valence electrons. The number of aryl methyl sites for hydroxylation is 1. The average Bonchev–Trinajstić information content (AvgIpc) is 3.69. The predicted octanol–water partition coefficient (Wildman–Crippen LogP) is 5.86. The number of aromatic hydroxyl groups is 1. The van der Waals surface area contributed by atoms with Crippen molar-refractivity contribution in [1.82, 2.24) is 19.0 Å². The molecule has 8 nitrogen and oxygen atoms in total. The summed E-state index contributed by atoms with van der Waals surface area (Å²) in [5.41, 5.74) is 2.91. The van der Waals surface area contributed by atoms with Gasteiger partial charge in [0.25, 0.3) is 0 Å². The third kappa shape index (κ3) is 4.74. The molecule has 0 aliphatic carbocycles. The molecule has 2 aliphatic heterocycles. The molecule has 42 heavy (non-hydrogen) atoms. The topological polar surface area (TPSA) is 75.8 Å². The maximum atomic E-state index is 15.1. The Morgan fingerprint density at radius 1 is 1.05 bits per heavy atom. The number of phenols is 1. The number of ether oxygens (including phenoxy) is 1. The lowest BCUT2D eigenvalue weighted by atomic mass is 9.94. The highest BCUT2D eigenvalue weighted by molar-refractivity contribution is 6.32. The fourth-order valence-electron chi connectivity index (χ4n) is 6.79. The summed E-state index contributed by atoms with van der Waals surface area (Å²) in [7, 11) is 3.26. The number of hydrogen-bond donors (Lipinski definition) is 1. The van der Waals surface area contributed by atoms with E-state index in [0.717, 1.165) is 38.2 Å². The smallest absolute Gasteiger partial charge is 0.332 e. The molecule has 6 rings (SSSR count). The minimum atomic E-state index is -0.506. The van der Waals surface area contributed by atoms with E-state index in [-0.39, 0.29) is 22.5 Å². The lowest BCUT2D eigenvalue weighted by Gasteiger charge is -2.38. The van der Waals surface area contributed by atoms with E-state index in [0.29, 0.717) is 39.3 Å². The van der Waals surface area contributed by atoms with Gasteiger partial charge in [-0.3, -0.25) is 9.47 Å². The number of methoxy groups -OCH3 is 1. The zero-order valence-electron chi connectivity index (χ0n) is 24.3. The molecule has 2 aliphatic rings. The minimum absolute atomic E-state index is 0.0883. The first-order chi connectivity index (χ1) is 20.1. The van der Waals surface area contributed by atoms with Crippen LogP contribution in [0.25, 0.3) is 27.9 Å². The van der Waals surface area contributed by atoms with Crippen molar-refractivity contribution >= 4 is 17.3 Å². The molecular weight excluding hydrogens is 557 g/mol. The Morgan fingerprint density at radius 2 is 1.81 bits per heavy atom. The molecule has 2 aromatic carbocycles. The quantitative estimate of drug-likeness (QED) is 0.302. The van der Waals surface area contributed by atoms with E-state index in [1.807, 2.05) is 6.07 Å². The molecule has 1 atom stereocenters. The molecule has 0 unspecified atom stereocenters. The van der Waals surface area contributed by atoms with Crippen molar-refractivity contribution in [3.8, 4) is 39.6 Å². The molecule has 2 aromatic heterocycles. The van der Waals surface area contributed by atoms with Crippen LogP contribution in [0.2, 0.25) is 5.02 Å². The van der Waals surface area contributed by atoms with Crippen molar-refractivity contribution in [2.45, 2.75) is 44.7 Å². The van der Waals surface area contributed by atoms with Gasteiger partial charge in [-0.05, 0) is 75.5 Å². The molecule has 2 fully saturated rings. The lowest BCUT2D eigenvalue weighted by molar-refractivity contribution is 0.120. The Bertz CT molecular complexity index is 1720. The molecule has 1 N–H and O–H groups in total. The van der Waals surface area contributed by atoms with E-state index in [1.165, 1.54) is 27.7 Å². The second kappa shape index (κ2) is 10.8. The van der Waals surface area contributed by atoms with Gasteiger partial charge in [0.05, 0.1) is 17.8 Å². The first-order valence-corrected chi connectivity index (χ1v) is 14.6. The molecule has 2 saturated heterocycles. The number of aromatic nitrogens is 3. The van der Waals surface area contributed by atoms with Crippen molar-refractivity contribution in [3.63, 3.8) is 0 Å². The second-order valence-corrected chi connectivity index (χ2v) is 12.0. The third-order valence-corrected chi connectivity index (χ3v) is 9.13. The standard InChI is InChI=1S/C32H35ClFN5O3/c1-20(2)39-10-5-8-32(39)9-11-37(19-32)28-15-22(18-35-30(28)42-4)25-17-23(34)16-24(29(25)40)21-6-7-27(26(33)14-21)38-13-12-36(3)31(38)41/h6-7,12-18,20,40H,5,8-11,19H2,1-4H3/t32-/m1/s1. The van der Waals surface area contributed by atoms with Gasteiger partial charge in [0.1, 0.15) is 17.3 Å². The highest BCUT2D eigenvalue weighted by Crippen LogP contribution is 2.45. The summed E-state index contributed by atoms with van der Waals surface area (Å²) in [5.74, 6) is -0.0949. The van der Waals surface area contributed by atoms with E-state index in [2.05, 4.69) is 28.6 Å². The van der Waals surface area contributed by atoms with Crippen LogP contribution in [-0.2, 0) is 7.05 Å². The summed E-state index contributed by atoms with van der Waals surface area (Å²) in [4.78, 5) is 21.9. The van der Waals surface area contributed by atoms with Crippen LogP contribution < -0.4 is 15.3 Å². The molecule has 4 aromatic rings. The van der Waals surface area contributed by atoms with Gasteiger partial charge in [-0.15, -0.1) is 0 Å². The van der Waals surface area contributed by atoms with E-state index in [4.69, 9.17) is 16.3 Å². The van der Waals surface area contributed by atoms with Crippen molar-refractivity contribution in [2.24, 2.45) is 7.05 Å². The number of hydrogen-bond acceptors (Lipinski definition) is 6. The number of benzene rings is 2. The largest absolute Gasteiger partial charge is 0.507 e. The summed E-state index contributed by atoms with van der Waals surface area (Å²) in [6.07, 6.45) is 8.27. The Balaban J connectivity index is 1.37. The maximum Gasteiger partial charge on any atom is 0.332 e. The van der Waals surface area contributed by atoms with Crippen molar-refractivity contribution in [1.29, 1.82) is 0 Å². The van der Waals surface area contributed by atoms with Crippen LogP contribution in [0.3, 0.4) is 0 Å². The van der Waals surface area contributed by atoms with Crippen molar-refractivity contribution < 1.29 is 14.2 Å². The molecule has 0 radical (unpaired) electrons. The van der Waals surface area contributed by atoms with Gasteiger partial charge < -0.3 is 19.3 Å². The monoisotopic (exact) mass is 591 g/mol. The first kappa shape index (κ1) is 28.3. The van der Waals surface area contributed by atoms with E-state index < -0.39 is 5.82 Å². The van der Waals surface area contributed by atoms with Crippen LogP contribution >= 0.6 is 11.6 Å². The molecule has 4 heterocycles. The number of phenolic OH excluding ortho intramolecular Hbond substituents is 1. The molecule has 0 saturated carbocycles. The van der Waals surface area contributed by atoms with Crippen LogP contribution in [0.5, 0.6) is 11.6 Å². The molecule has 1 spiro atoms. The average molecular weight is 592 g/mol. The summed E-state index contributed by atoms with van der Waals surface area (Å²) < 4.78 is 23.6. The number of likely N-dealkylation sites (tertiary alicyclic amines) is 1. The number of rotatable bonds is 6. The predicted molar refractivity (Wildman–Crippen MR) is 163 cm³/mol. The van der Waals surface area contributed by atoms with Gasteiger partial charge in [-0.1, -0.05) is 17.7 Å². The molecule has 10 heteroatoms. The van der Waals surface area contributed by atoms with Gasteiger partial charge in [0.15, 0.2) is 0 Å². The Hall–Kier alpha value is -3.82. The van der Waals surface area contributed by atoms with Crippen LogP contribution in [0.15, 0.2) is 59.8 Å². The molecular formula is C32H35ClFN5O3. The second-order valence-electron chi connectivity index (χ2n) is 11.6. The van der Waals surface area contributed by atoms with Crippen LogP contribution in [0, 0.1) is 5.82 Å². The zero-order chi connectivity index (χ0) is 29.8.